The summed E-state index contributed by atoms with van der Waals surface area (Å²) in [5.74, 6) is -3.68. The molecule has 0 aromatic heterocycles. The Morgan fingerprint density at radius 1 is 0.750 bits per heavy atom. The molecule has 0 saturated carbocycles. The predicted octanol–water partition coefficient (Wildman–Crippen LogP) is -4.61. The monoisotopic (exact) mass is 268 g/mol. The van der Waals surface area contributed by atoms with Crippen molar-refractivity contribution >= 4 is 49.7 Å². The minimum absolute atomic E-state index is 0. The molecule has 0 bridgehead atoms. The molecule has 0 aromatic carbocycles. The van der Waals surface area contributed by atoms with Crippen LogP contribution in [-0.2, 0) is 9.59 Å². The van der Waals surface area contributed by atoms with Crippen molar-refractivity contribution in [2.45, 2.75) is 24.4 Å². The summed E-state index contributed by atoms with van der Waals surface area (Å²) in [5.41, 5.74) is 0. The van der Waals surface area contributed by atoms with Gasteiger partial charge in [0.05, 0.1) is 0 Å². The number of carboxylic acid groups (broad SMARTS) is 2. The van der Waals surface area contributed by atoms with Crippen LogP contribution in [0.1, 0.15) is 0 Å². The second-order valence-electron chi connectivity index (χ2n) is 2.55. The van der Waals surface area contributed by atoms with Crippen LogP contribution < -0.4 is 0 Å². The number of carboxylic acids is 2. The van der Waals surface area contributed by atoms with Gasteiger partial charge in [-0.15, -0.1) is 0 Å². The van der Waals surface area contributed by atoms with Crippen molar-refractivity contribution in [1.82, 2.24) is 0 Å². The number of aliphatic hydroxyl groups is 4. The van der Waals surface area contributed by atoms with Crippen molar-refractivity contribution < 1.29 is 45.7 Å². The van der Waals surface area contributed by atoms with Crippen LogP contribution >= 0.6 is 0 Å². The SMILES string of the molecule is O.O=C(O)[C@@H](O)[C@@H](O)[C@H](O)[C@@H](O)C(=O)O.[Ca]. The zero-order chi connectivity index (χ0) is 11.5. The summed E-state index contributed by atoms with van der Waals surface area (Å²) in [6.45, 7) is 0. The number of hydrogen-bond donors (Lipinski definition) is 6. The minimum Gasteiger partial charge on any atom is -0.479 e. The van der Waals surface area contributed by atoms with Crippen LogP contribution in [0, 0.1) is 0 Å². The summed E-state index contributed by atoms with van der Waals surface area (Å²) in [6, 6.07) is 0. The van der Waals surface area contributed by atoms with E-state index in [9.17, 15) is 9.59 Å². The Kier molecular flexibility index (Phi) is 12.1. The van der Waals surface area contributed by atoms with Crippen molar-refractivity contribution in [3.05, 3.63) is 0 Å². The molecule has 16 heavy (non-hydrogen) atoms. The molecular weight excluding hydrogens is 256 g/mol. The van der Waals surface area contributed by atoms with Crippen molar-refractivity contribution in [1.29, 1.82) is 0 Å². The molecule has 0 spiro atoms. The molecule has 0 aliphatic rings. The fraction of sp³-hybridized carbons (Fsp3) is 0.667. The average molecular weight is 268 g/mol. The van der Waals surface area contributed by atoms with Crippen molar-refractivity contribution in [3.8, 4) is 0 Å². The molecule has 0 aliphatic carbocycles. The van der Waals surface area contributed by atoms with E-state index in [-0.39, 0.29) is 43.2 Å². The van der Waals surface area contributed by atoms with E-state index in [1.54, 1.807) is 0 Å². The van der Waals surface area contributed by atoms with Gasteiger partial charge in [0.25, 0.3) is 0 Å². The second-order valence-corrected chi connectivity index (χ2v) is 2.55. The normalized spacial score (nSPS) is 17.0. The summed E-state index contributed by atoms with van der Waals surface area (Å²) < 4.78 is 0. The van der Waals surface area contributed by atoms with Gasteiger partial charge < -0.3 is 36.1 Å². The van der Waals surface area contributed by atoms with Crippen LogP contribution in [0.25, 0.3) is 0 Å². The van der Waals surface area contributed by atoms with Crippen molar-refractivity contribution in [2.75, 3.05) is 0 Å². The van der Waals surface area contributed by atoms with Gasteiger partial charge in [-0.1, -0.05) is 0 Å². The number of rotatable bonds is 5. The van der Waals surface area contributed by atoms with Gasteiger partial charge >= 0.3 is 11.9 Å². The third-order valence-electron chi connectivity index (χ3n) is 1.50. The van der Waals surface area contributed by atoms with E-state index in [4.69, 9.17) is 30.6 Å². The van der Waals surface area contributed by atoms with E-state index in [1.165, 1.54) is 0 Å². The number of aliphatic hydroxyl groups excluding tert-OH is 4. The van der Waals surface area contributed by atoms with Gasteiger partial charge in [-0.05, 0) is 0 Å². The Bertz CT molecular complexity index is 208. The van der Waals surface area contributed by atoms with E-state index in [1.807, 2.05) is 0 Å². The maximum atomic E-state index is 10.1. The zero-order valence-electron chi connectivity index (χ0n) is 8.02. The van der Waals surface area contributed by atoms with Crippen molar-refractivity contribution in [3.63, 3.8) is 0 Å². The summed E-state index contributed by atoms with van der Waals surface area (Å²) in [7, 11) is 0. The fourth-order valence-corrected chi connectivity index (χ4v) is 0.666. The Labute approximate surface area is 119 Å². The second kappa shape index (κ2) is 9.07. The maximum Gasteiger partial charge on any atom is 0.335 e. The zero-order valence-corrected chi connectivity index (χ0v) is 10.2. The molecule has 0 fully saturated rings. The number of aliphatic carboxylic acids is 2. The van der Waals surface area contributed by atoms with E-state index >= 15 is 0 Å². The van der Waals surface area contributed by atoms with Crippen LogP contribution in [0.3, 0.4) is 0 Å². The van der Waals surface area contributed by atoms with Gasteiger partial charge in [-0.25, -0.2) is 9.59 Å². The molecule has 0 unspecified atom stereocenters. The first-order valence-corrected chi connectivity index (χ1v) is 3.47. The van der Waals surface area contributed by atoms with E-state index < -0.39 is 36.4 Å². The summed E-state index contributed by atoms with van der Waals surface area (Å²) >= 11 is 0. The Balaban J connectivity index is -0.000000845. The van der Waals surface area contributed by atoms with E-state index in [0.717, 1.165) is 0 Å². The molecule has 92 valence electrons. The van der Waals surface area contributed by atoms with Gasteiger partial charge in [0.1, 0.15) is 12.2 Å². The molecule has 9 nitrogen and oxygen atoms in total. The van der Waals surface area contributed by atoms with Gasteiger partial charge in [-0.3, -0.25) is 0 Å². The van der Waals surface area contributed by atoms with Gasteiger partial charge in [0.2, 0.25) is 0 Å². The van der Waals surface area contributed by atoms with Crippen LogP contribution in [0.5, 0.6) is 0 Å². The molecule has 0 aliphatic heterocycles. The Morgan fingerprint density at radius 3 is 1.06 bits per heavy atom. The standard InChI is InChI=1S/C6H10O8.Ca.H2O/c7-1(3(9)5(11)12)2(8)4(10)6(13)14;;/h1-4,7-10H,(H,11,12)(H,13,14);;1H2/t1-,2-,3-,4+;;/m0../s1. The molecular formula is C6H12CaO9. The first kappa shape index (κ1) is 21.3. The third kappa shape index (κ3) is 5.91. The van der Waals surface area contributed by atoms with Gasteiger partial charge in [-0.2, -0.15) is 0 Å². The van der Waals surface area contributed by atoms with E-state index in [0.29, 0.717) is 0 Å². The Morgan fingerprint density at radius 2 is 0.938 bits per heavy atom. The summed E-state index contributed by atoms with van der Waals surface area (Å²) in [4.78, 5) is 20.2. The minimum atomic E-state index is -2.36. The molecule has 4 atom stereocenters. The molecule has 0 heterocycles. The topological polar surface area (TPSA) is 187 Å². The van der Waals surface area contributed by atoms with E-state index in [2.05, 4.69) is 0 Å². The molecule has 0 amide bonds. The summed E-state index contributed by atoms with van der Waals surface area (Å²) in [6.07, 6.45) is -9.28. The average Bonchev–Trinajstić information content (AvgIpc) is 2.12. The molecule has 8 N–H and O–H groups in total. The smallest absolute Gasteiger partial charge is 0.335 e. The first-order chi connectivity index (χ1) is 6.29. The first-order valence-electron chi connectivity index (χ1n) is 3.47. The largest absolute Gasteiger partial charge is 0.479 e. The fourth-order valence-electron chi connectivity index (χ4n) is 0.666. The quantitative estimate of drug-likeness (QED) is 0.268. The number of carbonyl (C=O) groups is 2. The van der Waals surface area contributed by atoms with Crippen LogP contribution in [0.2, 0.25) is 0 Å². The van der Waals surface area contributed by atoms with Crippen LogP contribution in [0.15, 0.2) is 0 Å². The van der Waals surface area contributed by atoms with Crippen molar-refractivity contribution in [2.24, 2.45) is 0 Å². The van der Waals surface area contributed by atoms with Crippen LogP contribution in [0.4, 0.5) is 0 Å². The summed E-state index contributed by atoms with van der Waals surface area (Å²) in [5, 5.41) is 51.5. The molecule has 0 rings (SSSR count). The maximum absolute atomic E-state index is 10.1. The van der Waals surface area contributed by atoms with Gasteiger partial charge in [0.15, 0.2) is 12.2 Å². The van der Waals surface area contributed by atoms with Gasteiger partial charge in [0, 0.05) is 37.7 Å². The third-order valence-corrected chi connectivity index (χ3v) is 1.50. The number of hydrogen-bond acceptors (Lipinski definition) is 6. The molecule has 2 radical (unpaired) electrons. The predicted molar refractivity (Wildman–Crippen MR) is 48.7 cm³/mol. The van der Waals surface area contributed by atoms with Crippen LogP contribution in [-0.4, -0.2) is 110 Å². The Hall–Kier alpha value is -0.000260. The molecule has 0 saturated heterocycles. The molecule has 0 aromatic rings. The molecule has 10 heteroatoms.